The van der Waals surface area contributed by atoms with Crippen LogP contribution in [0.3, 0.4) is 0 Å². The Balaban J connectivity index is 1.96. The summed E-state index contributed by atoms with van der Waals surface area (Å²) in [5.41, 5.74) is 0.335. The number of carbonyl (C=O) groups excluding carboxylic acids is 1. The first-order valence-electron chi connectivity index (χ1n) is 5.55. The Morgan fingerprint density at radius 3 is 2.94 bits per heavy atom. The van der Waals surface area contributed by atoms with Crippen LogP contribution in [0.15, 0.2) is 24.7 Å². The fourth-order valence-corrected chi connectivity index (χ4v) is 2.21. The number of carbonyl (C=O) groups is 1. The fraction of sp³-hybridized carbons (Fsp3) is 0.250. The molecule has 1 amide bonds. The van der Waals surface area contributed by atoms with Gasteiger partial charge in [0.25, 0.3) is 5.91 Å². The van der Waals surface area contributed by atoms with E-state index < -0.39 is 0 Å². The summed E-state index contributed by atoms with van der Waals surface area (Å²) in [5, 5.41) is 12.8. The zero-order chi connectivity index (χ0) is 13.0. The first kappa shape index (κ1) is 12.5. The van der Waals surface area contributed by atoms with Crippen LogP contribution in [-0.4, -0.2) is 21.0 Å². The first-order valence-corrected chi connectivity index (χ1v) is 6.36. The monoisotopic (exact) mass is 263 g/mol. The number of hydrogen-bond donors (Lipinski definition) is 2. The summed E-state index contributed by atoms with van der Waals surface area (Å²) >= 11 is 1.58. The van der Waals surface area contributed by atoms with E-state index in [0.29, 0.717) is 12.1 Å². The number of pyridine rings is 1. The van der Waals surface area contributed by atoms with Crippen molar-refractivity contribution in [2.24, 2.45) is 0 Å². The highest BCUT2D eigenvalue weighted by Gasteiger charge is 2.08. The highest BCUT2D eigenvalue weighted by atomic mass is 32.1. The summed E-state index contributed by atoms with van der Waals surface area (Å²) in [5.74, 6) is -0.295. The van der Waals surface area contributed by atoms with Crippen molar-refractivity contribution < 1.29 is 9.90 Å². The lowest BCUT2D eigenvalue weighted by Gasteiger charge is -2.02. The highest BCUT2D eigenvalue weighted by molar-refractivity contribution is 7.11. The van der Waals surface area contributed by atoms with Gasteiger partial charge in [0.15, 0.2) is 0 Å². The van der Waals surface area contributed by atoms with Gasteiger partial charge in [-0.2, -0.15) is 0 Å². The van der Waals surface area contributed by atoms with Crippen LogP contribution in [0, 0.1) is 0 Å². The molecule has 2 rings (SSSR count). The van der Waals surface area contributed by atoms with Crippen LogP contribution in [0.25, 0.3) is 0 Å². The third-order valence-corrected chi connectivity index (χ3v) is 3.48. The minimum absolute atomic E-state index is 0.0230. The largest absolute Gasteiger partial charge is 0.506 e. The molecule has 2 N–H and O–H groups in total. The Bertz CT molecular complexity index is 554. The molecular weight excluding hydrogens is 250 g/mol. The quantitative estimate of drug-likeness (QED) is 0.881. The maximum atomic E-state index is 11.8. The second-order valence-corrected chi connectivity index (χ2v) is 4.89. The zero-order valence-corrected chi connectivity index (χ0v) is 10.7. The molecule has 0 aliphatic heterocycles. The Hall–Kier alpha value is -1.95. The van der Waals surface area contributed by atoms with E-state index in [2.05, 4.69) is 22.2 Å². The average Bonchev–Trinajstić information content (AvgIpc) is 2.84. The standard InChI is InChI=1S/C12H13N3O2S/c1-2-10-6-14-11(18-10)7-15-12(17)8-3-9(16)5-13-4-8/h3-6,16H,2,7H2,1H3,(H,15,17). The smallest absolute Gasteiger partial charge is 0.253 e. The molecular formula is C12H13N3O2S. The molecule has 0 fully saturated rings. The molecule has 0 radical (unpaired) electrons. The van der Waals surface area contributed by atoms with Gasteiger partial charge >= 0.3 is 0 Å². The highest BCUT2D eigenvalue weighted by Crippen LogP contribution is 2.13. The summed E-state index contributed by atoms with van der Waals surface area (Å²) in [6.07, 6.45) is 5.46. The van der Waals surface area contributed by atoms with Crippen molar-refractivity contribution in [1.82, 2.24) is 15.3 Å². The van der Waals surface area contributed by atoms with Gasteiger partial charge in [-0.05, 0) is 12.5 Å². The van der Waals surface area contributed by atoms with Gasteiger partial charge in [0.05, 0.1) is 18.3 Å². The first-order chi connectivity index (χ1) is 8.69. The van der Waals surface area contributed by atoms with Crippen LogP contribution < -0.4 is 5.32 Å². The molecule has 0 aromatic carbocycles. The third kappa shape index (κ3) is 3.04. The van der Waals surface area contributed by atoms with E-state index in [1.54, 1.807) is 11.3 Å². The molecule has 94 valence electrons. The molecule has 0 saturated carbocycles. The van der Waals surface area contributed by atoms with Gasteiger partial charge in [-0.25, -0.2) is 4.98 Å². The molecule has 0 unspecified atom stereocenters. The van der Waals surface area contributed by atoms with Gasteiger partial charge in [-0.3, -0.25) is 9.78 Å². The number of nitrogens with one attached hydrogen (secondary N) is 1. The molecule has 0 bridgehead atoms. The second-order valence-electron chi connectivity index (χ2n) is 3.69. The molecule has 2 heterocycles. The van der Waals surface area contributed by atoms with Crippen LogP contribution in [0.1, 0.15) is 27.2 Å². The summed E-state index contributed by atoms with van der Waals surface area (Å²) in [7, 11) is 0. The number of aromatic hydroxyl groups is 1. The summed E-state index contributed by atoms with van der Waals surface area (Å²) in [6.45, 7) is 2.45. The number of amides is 1. The molecule has 0 aliphatic rings. The fourth-order valence-electron chi connectivity index (χ4n) is 1.40. The lowest BCUT2D eigenvalue weighted by Crippen LogP contribution is -2.22. The van der Waals surface area contributed by atoms with E-state index in [4.69, 9.17) is 0 Å². The van der Waals surface area contributed by atoms with E-state index in [1.807, 2.05) is 6.20 Å². The Morgan fingerprint density at radius 2 is 2.28 bits per heavy atom. The Labute approximate surface area is 109 Å². The van der Waals surface area contributed by atoms with Crippen LogP contribution in [0.5, 0.6) is 5.75 Å². The van der Waals surface area contributed by atoms with Gasteiger partial charge in [-0.1, -0.05) is 6.92 Å². The van der Waals surface area contributed by atoms with Crippen molar-refractivity contribution in [3.8, 4) is 5.75 Å². The predicted molar refractivity (Wildman–Crippen MR) is 68.6 cm³/mol. The molecule has 2 aromatic heterocycles. The van der Waals surface area contributed by atoms with E-state index in [1.165, 1.54) is 23.3 Å². The van der Waals surface area contributed by atoms with E-state index in [-0.39, 0.29) is 11.7 Å². The molecule has 0 atom stereocenters. The minimum Gasteiger partial charge on any atom is -0.506 e. The van der Waals surface area contributed by atoms with Crippen molar-refractivity contribution >= 4 is 17.2 Å². The van der Waals surface area contributed by atoms with E-state index in [0.717, 1.165) is 11.4 Å². The summed E-state index contributed by atoms with van der Waals surface area (Å²) in [4.78, 5) is 20.9. The van der Waals surface area contributed by atoms with Crippen molar-refractivity contribution in [3.05, 3.63) is 40.1 Å². The molecule has 2 aromatic rings. The van der Waals surface area contributed by atoms with E-state index in [9.17, 15) is 9.90 Å². The topological polar surface area (TPSA) is 75.1 Å². The number of nitrogens with zero attached hydrogens (tertiary/aromatic N) is 2. The summed E-state index contributed by atoms with van der Waals surface area (Å²) < 4.78 is 0. The van der Waals surface area contributed by atoms with Crippen molar-refractivity contribution in [1.29, 1.82) is 0 Å². The Morgan fingerprint density at radius 1 is 1.44 bits per heavy atom. The number of aromatic nitrogens is 2. The summed E-state index contributed by atoms with van der Waals surface area (Å²) in [6, 6.07) is 1.38. The molecule has 5 nitrogen and oxygen atoms in total. The van der Waals surface area contributed by atoms with Crippen LogP contribution >= 0.6 is 11.3 Å². The molecule has 0 aliphatic carbocycles. The van der Waals surface area contributed by atoms with E-state index >= 15 is 0 Å². The van der Waals surface area contributed by atoms with Gasteiger partial charge in [-0.15, -0.1) is 11.3 Å². The zero-order valence-electron chi connectivity index (χ0n) is 9.88. The minimum atomic E-state index is -0.272. The van der Waals surface area contributed by atoms with Crippen molar-refractivity contribution in [2.75, 3.05) is 0 Å². The lowest BCUT2D eigenvalue weighted by molar-refractivity contribution is 0.0950. The molecule has 0 spiro atoms. The average molecular weight is 263 g/mol. The third-order valence-electron chi connectivity index (χ3n) is 2.34. The van der Waals surface area contributed by atoms with Gasteiger partial charge in [0, 0.05) is 17.3 Å². The SMILES string of the molecule is CCc1cnc(CNC(=O)c2cncc(O)c2)s1. The second kappa shape index (κ2) is 5.59. The van der Waals surface area contributed by atoms with Crippen LogP contribution in [-0.2, 0) is 13.0 Å². The van der Waals surface area contributed by atoms with Gasteiger partial charge in [0.1, 0.15) is 10.8 Å². The van der Waals surface area contributed by atoms with Crippen LogP contribution in [0.4, 0.5) is 0 Å². The predicted octanol–water partition coefficient (Wildman–Crippen LogP) is 1.74. The van der Waals surface area contributed by atoms with Gasteiger partial charge < -0.3 is 10.4 Å². The molecule has 6 heteroatoms. The molecule has 0 saturated heterocycles. The van der Waals surface area contributed by atoms with Crippen LogP contribution in [0.2, 0.25) is 0 Å². The lowest BCUT2D eigenvalue weighted by atomic mass is 10.2. The Kier molecular flexibility index (Phi) is 3.88. The normalized spacial score (nSPS) is 10.3. The van der Waals surface area contributed by atoms with Crippen molar-refractivity contribution in [2.45, 2.75) is 19.9 Å². The number of rotatable bonds is 4. The van der Waals surface area contributed by atoms with Gasteiger partial charge in [0.2, 0.25) is 0 Å². The molecule has 18 heavy (non-hydrogen) atoms. The van der Waals surface area contributed by atoms with Crippen molar-refractivity contribution in [3.63, 3.8) is 0 Å². The number of hydrogen-bond acceptors (Lipinski definition) is 5. The number of aryl methyl sites for hydroxylation is 1. The number of thiazole rings is 1. The maximum Gasteiger partial charge on any atom is 0.253 e. The maximum absolute atomic E-state index is 11.8.